The van der Waals surface area contributed by atoms with Crippen molar-refractivity contribution >= 4 is 17.5 Å². The van der Waals surface area contributed by atoms with Gasteiger partial charge in [0.1, 0.15) is 5.78 Å². The Morgan fingerprint density at radius 3 is 2.14 bits per heavy atom. The van der Waals surface area contributed by atoms with Crippen molar-refractivity contribution < 1.29 is 14.4 Å². The van der Waals surface area contributed by atoms with E-state index in [0.29, 0.717) is 13.0 Å². The Morgan fingerprint density at radius 2 is 1.64 bits per heavy atom. The summed E-state index contributed by atoms with van der Waals surface area (Å²) in [4.78, 5) is 31.8. The van der Waals surface area contributed by atoms with Crippen LogP contribution < -0.4 is 5.32 Å². The van der Waals surface area contributed by atoms with E-state index in [9.17, 15) is 14.4 Å². The minimum Gasteiger partial charge on any atom is -0.350 e. The Balaban J connectivity index is 3.26. The standard InChI is InChI=1S/C10H17NO3/c1-8(12)6-4-3-5-7-11-10(14)9(2)13/h3-7H2,1-2H3,(H,11,14). The molecule has 0 aliphatic rings. The molecule has 0 bridgehead atoms. The number of hydrogen-bond donors (Lipinski definition) is 1. The molecule has 0 rings (SSSR count). The van der Waals surface area contributed by atoms with Crippen LogP contribution in [0.4, 0.5) is 0 Å². The smallest absolute Gasteiger partial charge is 0.287 e. The maximum Gasteiger partial charge on any atom is 0.287 e. The topological polar surface area (TPSA) is 63.2 Å². The van der Waals surface area contributed by atoms with Crippen molar-refractivity contribution in [1.29, 1.82) is 0 Å². The van der Waals surface area contributed by atoms with Crippen LogP contribution in [0, 0.1) is 0 Å². The molecule has 0 aromatic carbocycles. The first-order valence-electron chi connectivity index (χ1n) is 4.82. The van der Waals surface area contributed by atoms with Crippen LogP contribution in [0.3, 0.4) is 0 Å². The Labute approximate surface area is 84.1 Å². The minimum absolute atomic E-state index is 0.192. The summed E-state index contributed by atoms with van der Waals surface area (Å²) in [6.07, 6.45) is 3.16. The van der Waals surface area contributed by atoms with Gasteiger partial charge in [-0.25, -0.2) is 0 Å². The van der Waals surface area contributed by atoms with E-state index in [1.54, 1.807) is 6.92 Å². The highest BCUT2D eigenvalue weighted by Crippen LogP contribution is 1.99. The van der Waals surface area contributed by atoms with Gasteiger partial charge in [0.15, 0.2) is 0 Å². The number of amides is 1. The molecule has 0 aromatic heterocycles. The number of hydrogen-bond acceptors (Lipinski definition) is 3. The first-order valence-corrected chi connectivity index (χ1v) is 4.82. The number of carbonyl (C=O) groups is 3. The molecular formula is C10H17NO3. The fourth-order valence-electron chi connectivity index (χ4n) is 1.00. The van der Waals surface area contributed by atoms with Crippen LogP contribution in [0.1, 0.15) is 39.5 Å². The van der Waals surface area contributed by atoms with Gasteiger partial charge in [-0.05, 0) is 19.8 Å². The van der Waals surface area contributed by atoms with E-state index < -0.39 is 11.7 Å². The van der Waals surface area contributed by atoms with Crippen molar-refractivity contribution in [3.05, 3.63) is 0 Å². The molecule has 14 heavy (non-hydrogen) atoms. The number of unbranched alkanes of at least 4 members (excludes halogenated alkanes) is 2. The molecule has 80 valence electrons. The molecule has 0 spiro atoms. The Kier molecular flexibility index (Phi) is 6.62. The van der Waals surface area contributed by atoms with E-state index in [0.717, 1.165) is 19.3 Å². The summed E-state index contributed by atoms with van der Waals surface area (Å²) in [5, 5.41) is 2.50. The molecule has 0 unspecified atom stereocenters. The van der Waals surface area contributed by atoms with Crippen LogP contribution in [0.25, 0.3) is 0 Å². The third kappa shape index (κ3) is 7.46. The van der Waals surface area contributed by atoms with E-state index in [4.69, 9.17) is 0 Å². The summed E-state index contributed by atoms with van der Waals surface area (Å²) in [5.74, 6) is -0.803. The lowest BCUT2D eigenvalue weighted by molar-refractivity contribution is -0.136. The molecule has 0 atom stereocenters. The van der Waals surface area contributed by atoms with Gasteiger partial charge < -0.3 is 10.1 Å². The predicted octanol–water partition coefficient (Wildman–Crippen LogP) is 0.841. The summed E-state index contributed by atoms with van der Waals surface area (Å²) in [6, 6.07) is 0. The molecule has 0 heterocycles. The SMILES string of the molecule is CC(=O)CCCCCNC(=O)C(C)=O. The van der Waals surface area contributed by atoms with Gasteiger partial charge in [0.25, 0.3) is 5.91 Å². The highest BCUT2D eigenvalue weighted by atomic mass is 16.2. The van der Waals surface area contributed by atoms with Crippen molar-refractivity contribution in [2.24, 2.45) is 0 Å². The van der Waals surface area contributed by atoms with Gasteiger partial charge >= 0.3 is 0 Å². The number of ketones is 2. The van der Waals surface area contributed by atoms with Gasteiger partial charge in [0, 0.05) is 19.9 Å². The van der Waals surface area contributed by atoms with Gasteiger partial charge in [-0.15, -0.1) is 0 Å². The van der Waals surface area contributed by atoms with Crippen LogP contribution in [-0.2, 0) is 14.4 Å². The van der Waals surface area contributed by atoms with E-state index in [1.807, 2.05) is 0 Å². The average Bonchev–Trinajstić information content (AvgIpc) is 2.09. The van der Waals surface area contributed by atoms with Crippen LogP contribution in [0.5, 0.6) is 0 Å². The molecule has 1 amide bonds. The zero-order chi connectivity index (χ0) is 11.0. The summed E-state index contributed by atoms with van der Waals surface area (Å²) in [7, 11) is 0. The molecule has 0 fully saturated rings. The van der Waals surface area contributed by atoms with Crippen LogP contribution >= 0.6 is 0 Å². The Morgan fingerprint density at radius 1 is 1.00 bits per heavy atom. The molecule has 4 nitrogen and oxygen atoms in total. The van der Waals surface area contributed by atoms with Crippen LogP contribution in [0.2, 0.25) is 0 Å². The second kappa shape index (κ2) is 7.24. The molecule has 0 saturated heterocycles. The summed E-state index contributed by atoms with van der Waals surface area (Å²) < 4.78 is 0. The van der Waals surface area contributed by atoms with Crippen molar-refractivity contribution in [1.82, 2.24) is 5.32 Å². The van der Waals surface area contributed by atoms with Gasteiger partial charge in [-0.2, -0.15) is 0 Å². The highest BCUT2D eigenvalue weighted by molar-refractivity contribution is 6.35. The molecule has 1 N–H and O–H groups in total. The maximum absolute atomic E-state index is 10.8. The summed E-state index contributed by atoms with van der Waals surface area (Å²) in [6.45, 7) is 3.32. The van der Waals surface area contributed by atoms with Crippen LogP contribution in [0.15, 0.2) is 0 Å². The Hall–Kier alpha value is -1.19. The van der Waals surface area contributed by atoms with E-state index in [1.165, 1.54) is 6.92 Å². The third-order valence-corrected chi connectivity index (χ3v) is 1.81. The first kappa shape index (κ1) is 12.8. The van der Waals surface area contributed by atoms with Crippen molar-refractivity contribution in [3.63, 3.8) is 0 Å². The van der Waals surface area contributed by atoms with E-state index >= 15 is 0 Å². The highest BCUT2D eigenvalue weighted by Gasteiger charge is 2.04. The lowest BCUT2D eigenvalue weighted by Crippen LogP contribution is -2.29. The lowest BCUT2D eigenvalue weighted by Gasteiger charge is -2.01. The summed E-state index contributed by atoms with van der Waals surface area (Å²) >= 11 is 0. The third-order valence-electron chi connectivity index (χ3n) is 1.81. The quantitative estimate of drug-likeness (QED) is 0.488. The monoisotopic (exact) mass is 199 g/mol. The number of rotatable bonds is 7. The van der Waals surface area contributed by atoms with E-state index in [2.05, 4.69) is 5.32 Å². The fourth-order valence-corrected chi connectivity index (χ4v) is 1.00. The second-order valence-electron chi connectivity index (χ2n) is 3.32. The van der Waals surface area contributed by atoms with Crippen molar-refractivity contribution in [3.8, 4) is 0 Å². The molecule has 0 aromatic rings. The average molecular weight is 199 g/mol. The van der Waals surface area contributed by atoms with Crippen molar-refractivity contribution in [2.45, 2.75) is 39.5 Å². The van der Waals surface area contributed by atoms with Gasteiger partial charge in [0.2, 0.25) is 5.78 Å². The number of nitrogens with one attached hydrogen (secondary N) is 1. The molecule has 0 radical (unpaired) electrons. The largest absolute Gasteiger partial charge is 0.350 e. The number of carbonyl (C=O) groups excluding carboxylic acids is 3. The first-order chi connectivity index (χ1) is 6.54. The zero-order valence-electron chi connectivity index (χ0n) is 8.76. The van der Waals surface area contributed by atoms with Gasteiger partial charge in [-0.1, -0.05) is 6.42 Å². The predicted molar refractivity (Wildman–Crippen MR) is 52.8 cm³/mol. The summed E-state index contributed by atoms with van der Waals surface area (Å²) in [5.41, 5.74) is 0. The van der Waals surface area contributed by atoms with Crippen molar-refractivity contribution in [2.75, 3.05) is 6.54 Å². The molecule has 4 heteroatoms. The van der Waals surface area contributed by atoms with Gasteiger partial charge in [0.05, 0.1) is 0 Å². The van der Waals surface area contributed by atoms with E-state index in [-0.39, 0.29) is 5.78 Å². The lowest BCUT2D eigenvalue weighted by atomic mass is 10.1. The minimum atomic E-state index is -0.531. The molecule has 0 aliphatic heterocycles. The van der Waals surface area contributed by atoms with Crippen LogP contribution in [-0.4, -0.2) is 24.0 Å². The van der Waals surface area contributed by atoms with Gasteiger partial charge in [-0.3, -0.25) is 9.59 Å². The zero-order valence-corrected chi connectivity index (χ0v) is 8.76. The normalized spacial score (nSPS) is 9.57. The fraction of sp³-hybridized carbons (Fsp3) is 0.700. The Bertz CT molecular complexity index is 223. The molecular weight excluding hydrogens is 182 g/mol. The molecule has 0 aliphatic carbocycles. The molecule has 0 saturated carbocycles. The number of Topliss-reactive ketones (excluding diaryl/α,β-unsaturated/α-hetero) is 2. The second-order valence-corrected chi connectivity index (χ2v) is 3.32. The maximum atomic E-state index is 10.8.